The van der Waals surface area contributed by atoms with E-state index in [-0.39, 0.29) is 0 Å². The molecule has 0 saturated heterocycles. The number of hydrogen-bond donors (Lipinski definition) is 1. The largest absolute Gasteiger partial charge is 0.457 e. The Bertz CT molecular complexity index is 648. The fourth-order valence-electron chi connectivity index (χ4n) is 1.43. The fraction of sp³-hybridized carbons (Fsp3) is 0. The van der Waals surface area contributed by atoms with Crippen molar-refractivity contribution in [2.75, 3.05) is 5.73 Å². The molecule has 2 aromatic carbocycles. The second kappa shape index (κ2) is 4.90. The Kier molecular flexibility index (Phi) is 3.13. The molecule has 4 nitrogen and oxygen atoms in total. The molecule has 0 aliphatic heterocycles. The van der Waals surface area contributed by atoms with Gasteiger partial charge in [0.15, 0.2) is 0 Å². The van der Waals surface area contributed by atoms with Crippen LogP contribution < -0.4 is 10.5 Å². The van der Waals surface area contributed by atoms with Gasteiger partial charge in [-0.05, 0) is 36.4 Å². The smallest absolute Gasteiger partial charge is 0.128 e. The van der Waals surface area contributed by atoms with E-state index in [4.69, 9.17) is 21.0 Å². The van der Waals surface area contributed by atoms with E-state index in [0.717, 1.165) is 0 Å². The van der Waals surface area contributed by atoms with Gasteiger partial charge in [-0.25, -0.2) is 0 Å². The topological polar surface area (TPSA) is 82.8 Å². The summed E-state index contributed by atoms with van der Waals surface area (Å²) in [6.07, 6.45) is 0. The molecule has 0 aliphatic rings. The summed E-state index contributed by atoms with van der Waals surface area (Å²) < 4.78 is 5.56. The fourth-order valence-corrected chi connectivity index (χ4v) is 1.43. The number of nitrogens with zero attached hydrogens (tertiary/aromatic N) is 2. The quantitative estimate of drug-likeness (QED) is 0.811. The normalized spacial score (nSPS) is 9.22. The maximum atomic E-state index is 8.86. The summed E-state index contributed by atoms with van der Waals surface area (Å²) in [5.41, 5.74) is 6.98. The van der Waals surface area contributed by atoms with Crippen LogP contribution in [0, 0.1) is 22.7 Å². The van der Waals surface area contributed by atoms with Crippen molar-refractivity contribution in [2.24, 2.45) is 0 Å². The third-order valence-corrected chi connectivity index (χ3v) is 2.36. The van der Waals surface area contributed by atoms with E-state index >= 15 is 0 Å². The molecule has 0 heterocycles. The van der Waals surface area contributed by atoms with Gasteiger partial charge >= 0.3 is 0 Å². The van der Waals surface area contributed by atoms with Gasteiger partial charge in [-0.2, -0.15) is 10.5 Å². The van der Waals surface area contributed by atoms with Crippen LogP contribution in [0.1, 0.15) is 11.1 Å². The minimum atomic E-state index is 0.376. The summed E-state index contributed by atoms with van der Waals surface area (Å²) in [7, 11) is 0. The standard InChI is InChI=1S/C14H9N3O/c15-8-10-1-3-12(4-2-10)18-13-5-6-14(17)11(7-13)9-16/h1-7H,17H2. The number of nitrogens with two attached hydrogens (primary N) is 1. The van der Waals surface area contributed by atoms with Gasteiger partial charge in [0, 0.05) is 11.8 Å². The summed E-state index contributed by atoms with van der Waals surface area (Å²) in [4.78, 5) is 0. The zero-order valence-corrected chi connectivity index (χ0v) is 9.42. The average molecular weight is 235 g/mol. The van der Waals surface area contributed by atoms with E-state index < -0.39 is 0 Å². The van der Waals surface area contributed by atoms with Crippen LogP contribution >= 0.6 is 0 Å². The van der Waals surface area contributed by atoms with Crippen molar-refractivity contribution >= 4 is 5.69 Å². The lowest BCUT2D eigenvalue weighted by Crippen LogP contribution is -1.91. The molecule has 2 rings (SSSR count). The highest BCUT2D eigenvalue weighted by atomic mass is 16.5. The molecule has 2 N–H and O–H groups in total. The summed E-state index contributed by atoms with van der Waals surface area (Å²) in [5, 5.41) is 17.5. The van der Waals surface area contributed by atoms with E-state index in [1.54, 1.807) is 42.5 Å². The second-order valence-electron chi connectivity index (χ2n) is 3.60. The Labute approximate surface area is 104 Å². The number of anilines is 1. The van der Waals surface area contributed by atoms with Gasteiger partial charge in [0.25, 0.3) is 0 Å². The van der Waals surface area contributed by atoms with Crippen molar-refractivity contribution in [1.82, 2.24) is 0 Å². The molecule has 0 aromatic heterocycles. The second-order valence-corrected chi connectivity index (χ2v) is 3.60. The Hall–Kier alpha value is -2.98. The van der Waals surface area contributed by atoms with Gasteiger partial charge in [0.1, 0.15) is 17.6 Å². The van der Waals surface area contributed by atoms with E-state index in [2.05, 4.69) is 0 Å². The monoisotopic (exact) mass is 235 g/mol. The van der Waals surface area contributed by atoms with Crippen LogP contribution in [0.15, 0.2) is 42.5 Å². The van der Waals surface area contributed by atoms with Crippen molar-refractivity contribution in [2.45, 2.75) is 0 Å². The first-order chi connectivity index (χ1) is 8.72. The number of benzene rings is 2. The van der Waals surface area contributed by atoms with Crippen molar-refractivity contribution < 1.29 is 4.74 Å². The first-order valence-corrected chi connectivity index (χ1v) is 5.20. The third kappa shape index (κ3) is 2.40. The van der Waals surface area contributed by atoms with Crippen molar-refractivity contribution in [3.8, 4) is 23.6 Å². The summed E-state index contributed by atoms with van der Waals surface area (Å²) in [5.74, 6) is 1.13. The number of hydrogen-bond acceptors (Lipinski definition) is 4. The van der Waals surface area contributed by atoms with E-state index in [1.165, 1.54) is 0 Å². The van der Waals surface area contributed by atoms with Gasteiger partial charge in [0.05, 0.1) is 17.2 Å². The van der Waals surface area contributed by atoms with Gasteiger partial charge in [-0.1, -0.05) is 0 Å². The van der Waals surface area contributed by atoms with Crippen molar-refractivity contribution in [3.05, 3.63) is 53.6 Å². The maximum Gasteiger partial charge on any atom is 0.128 e. The zero-order chi connectivity index (χ0) is 13.0. The Morgan fingerprint density at radius 2 is 1.56 bits per heavy atom. The third-order valence-electron chi connectivity index (χ3n) is 2.36. The number of ether oxygens (including phenoxy) is 1. The zero-order valence-electron chi connectivity index (χ0n) is 9.42. The van der Waals surface area contributed by atoms with Crippen LogP contribution in [-0.4, -0.2) is 0 Å². The highest BCUT2D eigenvalue weighted by Gasteiger charge is 2.02. The Morgan fingerprint density at radius 1 is 0.889 bits per heavy atom. The van der Waals surface area contributed by atoms with Crippen LogP contribution in [-0.2, 0) is 0 Å². The van der Waals surface area contributed by atoms with Crippen LogP contribution in [0.5, 0.6) is 11.5 Å². The van der Waals surface area contributed by atoms with Crippen molar-refractivity contribution in [3.63, 3.8) is 0 Å². The van der Waals surface area contributed by atoms with Crippen LogP contribution in [0.25, 0.3) is 0 Å². The maximum absolute atomic E-state index is 8.86. The van der Waals surface area contributed by atoms with E-state index in [1.807, 2.05) is 12.1 Å². The molecule has 0 spiro atoms. The lowest BCUT2D eigenvalue weighted by molar-refractivity contribution is 0.482. The first-order valence-electron chi connectivity index (χ1n) is 5.20. The lowest BCUT2D eigenvalue weighted by Gasteiger charge is -2.06. The molecule has 0 bridgehead atoms. The average Bonchev–Trinajstić information content (AvgIpc) is 2.42. The van der Waals surface area contributed by atoms with Gasteiger partial charge < -0.3 is 10.5 Å². The summed E-state index contributed by atoms with van der Waals surface area (Å²) >= 11 is 0. The highest BCUT2D eigenvalue weighted by molar-refractivity contribution is 5.57. The molecular formula is C14H9N3O. The van der Waals surface area contributed by atoms with Crippen LogP contribution in [0.2, 0.25) is 0 Å². The van der Waals surface area contributed by atoms with E-state index in [9.17, 15) is 0 Å². The van der Waals surface area contributed by atoms with Gasteiger partial charge in [0.2, 0.25) is 0 Å². The SMILES string of the molecule is N#Cc1ccc(Oc2ccc(N)c(C#N)c2)cc1. The Balaban J connectivity index is 2.24. The minimum absolute atomic E-state index is 0.376. The molecule has 0 aliphatic carbocycles. The summed E-state index contributed by atoms with van der Waals surface area (Å²) in [6, 6.07) is 15.6. The molecule has 2 aromatic rings. The Morgan fingerprint density at radius 3 is 2.17 bits per heavy atom. The number of rotatable bonds is 2. The van der Waals surface area contributed by atoms with Crippen molar-refractivity contribution in [1.29, 1.82) is 10.5 Å². The molecule has 86 valence electrons. The highest BCUT2D eigenvalue weighted by Crippen LogP contribution is 2.24. The molecule has 0 unspecified atom stereocenters. The molecule has 0 saturated carbocycles. The van der Waals surface area contributed by atoms with Gasteiger partial charge in [-0.15, -0.1) is 0 Å². The molecular weight excluding hydrogens is 226 g/mol. The molecule has 0 radical (unpaired) electrons. The number of nitriles is 2. The molecule has 0 amide bonds. The molecule has 0 fully saturated rings. The van der Waals surface area contributed by atoms with Crippen LogP contribution in [0.3, 0.4) is 0 Å². The predicted octanol–water partition coefficient (Wildman–Crippen LogP) is 2.80. The summed E-state index contributed by atoms with van der Waals surface area (Å²) in [6.45, 7) is 0. The molecule has 0 atom stereocenters. The predicted molar refractivity (Wildman–Crippen MR) is 66.8 cm³/mol. The minimum Gasteiger partial charge on any atom is -0.457 e. The number of nitrogen functional groups attached to an aromatic ring is 1. The van der Waals surface area contributed by atoms with E-state index in [0.29, 0.717) is 28.3 Å². The molecule has 18 heavy (non-hydrogen) atoms. The van der Waals surface area contributed by atoms with Gasteiger partial charge in [-0.3, -0.25) is 0 Å². The first kappa shape index (κ1) is 11.5. The molecule has 4 heteroatoms. The lowest BCUT2D eigenvalue weighted by atomic mass is 10.2. The van der Waals surface area contributed by atoms with Crippen LogP contribution in [0.4, 0.5) is 5.69 Å².